The second-order valence-corrected chi connectivity index (χ2v) is 5.57. The van der Waals surface area contributed by atoms with Gasteiger partial charge in [0.25, 0.3) is 0 Å². The Labute approximate surface area is 116 Å². The molecule has 0 aromatic heterocycles. The molecule has 0 spiro atoms. The van der Waals surface area contributed by atoms with Gasteiger partial charge < -0.3 is 10.0 Å². The number of para-hydroxylation sites is 1. The highest BCUT2D eigenvalue weighted by molar-refractivity contribution is 5.34. The van der Waals surface area contributed by atoms with Crippen LogP contribution in [0.4, 0.5) is 0 Å². The van der Waals surface area contributed by atoms with Crippen LogP contribution in [0.15, 0.2) is 24.3 Å². The van der Waals surface area contributed by atoms with Gasteiger partial charge in [0, 0.05) is 17.6 Å². The van der Waals surface area contributed by atoms with Gasteiger partial charge in [0.2, 0.25) is 0 Å². The number of hydrogen-bond acceptors (Lipinski definition) is 3. The minimum Gasteiger partial charge on any atom is -0.508 e. The molecule has 0 bridgehead atoms. The van der Waals surface area contributed by atoms with E-state index in [1.165, 1.54) is 25.9 Å². The van der Waals surface area contributed by atoms with Gasteiger partial charge >= 0.3 is 0 Å². The maximum atomic E-state index is 9.97. The molecule has 3 nitrogen and oxygen atoms in total. The summed E-state index contributed by atoms with van der Waals surface area (Å²) in [4.78, 5) is 4.93. The van der Waals surface area contributed by atoms with E-state index in [-0.39, 0.29) is 6.04 Å². The Morgan fingerprint density at radius 2 is 1.95 bits per heavy atom. The quantitative estimate of drug-likeness (QED) is 0.904. The molecule has 1 heterocycles. The van der Waals surface area contributed by atoms with Gasteiger partial charge in [0.1, 0.15) is 5.75 Å². The van der Waals surface area contributed by atoms with E-state index in [2.05, 4.69) is 30.7 Å². The topological polar surface area (TPSA) is 26.7 Å². The number of piperidine rings is 1. The molecular formula is C16H26N2O. The van der Waals surface area contributed by atoms with Crippen molar-refractivity contribution >= 4 is 0 Å². The molecule has 0 radical (unpaired) electrons. The lowest BCUT2D eigenvalue weighted by molar-refractivity contribution is 0.103. The molecule has 2 rings (SSSR count). The van der Waals surface area contributed by atoms with E-state index < -0.39 is 0 Å². The van der Waals surface area contributed by atoms with Gasteiger partial charge in [-0.3, -0.25) is 4.90 Å². The van der Waals surface area contributed by atoms with Crippen molar-refractivity contribution in [3.63, 3.8) is 0 Å². The molecule has 1 aromatic carbocycles. The molecule has 1 N–H and O–H groups in total. The summed E-state index contributed by atoms with van der Waals surface area (Å²) in [6.45, 7) is 7.96. The molecule has 0 amide bonds. The molecular weight excluding hydrogens is 236 g/mol. The maximum Gasteiger partial charge on any atom is 0.120 e. The normalized spacial score (nSPS) is 19.8. The van der Waals surface area contributed by atoms with E-state index in [4.69, 9.17) is 0 Å². The lowest BCUT2D eigenvalue weighted by Crippen LogP contribution is -2.44. The van der Waals surface area contributed by atoms with E-state index in [0.29, 0.717) is 11.8 Å². The van der Waals surface area contributed by atoms with Crippen molar-refractivity contribution in [2.45, 2.75) is 38.8 Å². The SMILES string of the molecule is CCN1CCC(N(C)C(C)c2ccccc2O)CC1. The lowest BCUT2D eigenvalue weighted by Gasteiger charge is -2.39. The van der Waals surface area contributed by atoms with Gasteiger partial charge in [-0.2, -0.15) is 0 Å². The molecule has 1 aromatic rings. The fraction of sp³-hybridized carbons (Fsp3) is 0.625. The van der Waals surface area contributed by atoms with Crippen LogP contribution in [0.5, 0.6) is 5.75 Å². The van der Waals surface area contributed by atoms with Crippen LogP contribution in [-0.2, 0) is 0 Å². The van der Waals surface area contributed by atoms with Gasteiger partial charge in [0.15, 0.2) is 0 Å². The number of aromatic hydroxyl groups is 1. The average Bonchev–Trinajstić information content (AvgIpc) is 2.46. The van der Waals surface area contributed by atoms with Gasteiger partial charge in [-0.1, -0.05) is 25.1 Å². The number of rotatable bonds is 4. The Kier molecular flexibility index (Phi) is 4.83. The average molecular weight is 262 g/mol. The van der Waals surface area contributed by atoms with Crippen molar-refractivity contribution in [1.82, 2.24) is 9.80 Å². The van der Waals surface area contributed by atoms with Crippen LogP contribution >= 0.6 is 0 Å². The predicted octanol–water partition coefficient (Wildman–Crippen LogP) is 2.87. The van der Waals surface area contributed by atoms with Crippen molar-refractivity contribution in [3.05, 3.63) is 29.8 Å². The third kappa shape index (κ3) is 3.28. The molecule has 1 atom stereocenters. The van der Waals surface area contributed by atoms with E-state index in [1.807, 2.05) is 18.2 Å². The van der Waals surface area contributed by atoms with Crippen molar-refractivity contribution in [2.75, 3.05) is 26.7 Å². The molecule has 19 heavy (non-hydrogen) atoms. The smallest absolute Gasteiger partial charge is 0.120 e. The standard InChI is InChI=1S/C16H26N2O/c1-4-18-11-9-14(10-12-18)17(3)13(2)15-7-5-6-8-16(15)19/h5-8,13-14,19H,4,9-12H2,1-3H3. The fourth-order valence-corrected chi connectivity index (χ4v) is 3.02. The van der Waals surface area contributed by atoms with Crippen LogP contribution in [0, 0.1) is 0 Å². The second kappa shape index (κ2) is 6.40. The van der Waals surface area contributed by atoms with Crippen LogP contribution in [0.3, 0.4) is 0 Å². The summed E-state index contributed by atoms with van der Waals surface area (Å²) in [6.07, 6.45) is 2.45. The monoisotopic (exact) mass is 262 g/mol. The summed E-state index contributed by atoms with van der Waals surface area (Å²) in [5, 5.41) is 9.97. The molecule has 1 aliphatic heterocycles. The molecule has 1 saturated heterocycles. The number of benzene rings is 1. The molecule has 0 aliphatic carbocycles. The minimum absolute atomic E-state index is 0.263. The van der Waals surface area contributed by atoms with Gasteiger partial charge in [0.05, 0.1) is 0 Å². The molecule has 3 heteroatoms. The third-order valence-corrected chi connectivity index (χ3v) is 4.58. The highest BCUT2D eigenvalue weighted by atomic mass is 16.3. The molecule has 1 aliphatic rings. The first-order valence-corrected chi connectivity index (χ1v) is 7.35. The first-order chi connectivity index (χ1) is 9.13. The molecule has 1 fully saturated rings. The number of phenolic OH excluding ortho intramolecular Hbond substituents is 1. The molecule has 1 unspecified atom stereocenters. The highest BCUT2D eigenvalue weighted by Gasteiger charge is 2.26. The van der Waals surface area contributed by atoms with Gasteiger partial charge in [-0.15, -0.1) is 0 Å². The van der Waals surface area contributed by atoms with E-state index in [0.717, 1.165) is 12.1 Å². The summed E-state index contributed by atoms with van der Waals surface area (Å²) in [6, 6.07) is 8.57. The van der Waals surface area contributed by atoms with E-state index in [1.54, 1.807) is 6.07 Å². The van der Waals surface area contributed by atoms with Crippen LogP contribution < -0.4 is 0 Å². The van der Waals surface area contributed by atoms with Gasteiger partial charge in [-0.25, -0.2) is 0 Å². The summed E-state index contributed by atoms with van der Waals surface area (Å²) >= 11 is 0. The first-order valence-electron chi connectivity index (χ1n) is 7.35. The van der Waals surface area contributed by atoms with E-state index in [9.17, 15) is 5.11 Å². The number of likely N-dealkylation sites (tertiary alicyclic amines) is 1. The van der Waals surface area contributed by atoms with Crippen molar-refractivity contribution in [3.8, 4) is 5.75 Å². The fourth-order valence-electron chi connectivity index (χ4n) is 3.02. The minimum atomic E-state index is 0.263. The van der Waals surface area contributed by atoms with E-state index >= 15 is 0 Å². The zero-order valence-electron chi connectivity index (χ0n) is 12.3. The number of nitrogens with zero attached hydrogens (tertiary/aromatic N) is 2. The Bertz CT molecular complexity index is 399. The number of hydrogen-bond donors (Lipinski definition) is 1. The summed E-state index contributed by atoms with van der Waals surface area (Å²) in [5.41, 5.74) is 1.03. The largest absolute Gasteiger partial charge is 0.508 e. The maximum absolute atomic E-state index is 9.97. The zero-order chi connectivity index (χ0) is 13.8. The first kappa shape index (κ1) is 14.4. The second-order valence-electron chi connectivity index (χ2n) is 5.57. The van der Waals surface area contributed by atoms with Crippen molar-refractivity contribution < 1.29 is 5.11 Å². The Morgan fingerprint density at radius 1 is 1.32 bits per heavy atom. The predicted molar refractivity (Wildman–Crippen MR) is 79.4 cm³/mol. The molecule has 0 saturated carbocycles. The van der Waals surface area contributed by atoms with Crippen molar-refractivity contribution in [2.24, 2.45) is 0 Å². The third-order valence-electron chi connectivity index (χ3n) is 4.58. The summed E-state index contributed by atoms with van der Waals surface area (Å²) < 4.78 is 0. The van der Waals surface area contributed by atoms with Crippen molar-refractivity contribution in [1.29, 1.82) is 0 Å². The highest BCUT2D eigenvalue weighted by Crippen LogP contribution is 2.30. The summed E-state index contributed by atoms with van der Waals surface area (Å²) in [7, 11) is 2.18. The van der Waals surface area contributed by atoms with Crippen LogP contribution in [0.1, 0.15) is 38.3 Å². The number of phenols is 1. The zero-order valence-corrected chi connectivity index (χ0v) is 12.3. The van der Waals surface area contributed by atoms with Crippen LogP contribution in [-0.4, -0.2) is 47.6 Å². The summed E-state index contributed by atoms with van der Waals surface area (Å²) in [5.74, 6) is 0.410. The Hall–Kier alpha value is -1.06. The van der Waals surface area contributed by atoms with Crippen LogP contribution in [0.2, 0.25) is 0 Å². The van der Waals surface area contributed by atoms with Crippen LogP contribution in [0.25, 0.3) is 0 Å². The Balaban J connectivity index is 2.00. The molecule has 106 valence electrons. The van der Waals surface area contributed by atoms with Gasteiger partial charge in [-0.05, 0) is 52.5 Å². The lowest BCUT2D eigenvalue weighted by atomic mass is 9.99. The Morgan fingerprint density at radius 3 is 2.53 bits per heavy atom.